The van der Waals surface area contributed by atoms with E-state index in [2.05, 4.69) is 32.6 Å². The number of likely N-dealkylation sites (N-methyl/N-ethyl adjacent to an activating group) is 1. The fourth-order valence-electron chi connectivity index (χ4n) is 2.80. The maximum absolute atomic E-state index is 12.6. The molecule has 0 aliphatic rings. The summed E-state index contributed by atoms with van der Waals surface area (Å²) >= 11 is 0. The summed E-state index contributed by atoms with van der Waals surface area (Å²) in [6, 6.07) is 6.79. The molecule has 1 aromatic rings. The first-order valence-corrected chi connectivity index (χ1v) is 11.1. The van der Waals surface area contributed by atoms with Crippen LogP contribution in [0.3, 0.4) is 0 Å². The van der Waals surface area contributed by atoms with E-state index in [9.17, 15) is 13.2 Å². The van der Waals surface area contributed by atoms with Gasteiger partial charge in [0.25, 0.3) is 0 Å². The molecule has 0 fully saturated rings. The van der Waals surface area contributed by atoms with Crippen LogP contribution in [0.5, 0.6) is 0 Å². The molecule has 1 amide bonds. The third-order valence-corrected chi connectivity index (χ3v) is 6.22. The second-order valence-electron chi connectivity index (χ2n) is 7.14. The highest BCUT2D eigenvalue weighted by Gasteiger charge is 2.20. The first kappa shape index (κ1) is 22.6. The molecule has 1 aromatic carbocycles. The number of benzene rings is 1. The van der Waals surface area contributed by atoms with Gasteiger partial charge in [0.2, 0.25) is 5.91 Å². The molecule has 0 bridgehead atoms. The van der Waals surface area contributed by atoms with E-state index in [0.717, 1.165) is 25.2 Å². The number of hydrogen-bond acceptors (Lipinski definition) is 4. The standard InChI is InChI=1S/C20H34N2O3S/c1-6-21(7-2)13-14-22(16-17(3)4)20(23)12-15-26(24,25)19-10-8-18(5)9-11-19/h8-11,17H,6-7,12-16H2,1-5H3. The average molecular weight is 383 g/mol. The SMILES string of the molecule is CCN(CC)CCN(CC(C)C)C(=O)CCS(=O)(=O)c1ccc(C)cc1. The Balaban J connectivity index is 2.71. The first-order chi connectivity index (χ1) is 12.2. The summed E-state index contributed by atoms with van der Waals surface area (Å²) in [5, 5.41) is 0. The number of aryl methyl sites for hydroxylation is 1. The topological polar surface area (TPSA) is 57.7 Å². The number of amides is 1. The van der Waals surface area contributed by atoms with Gasteiger partial charge in [-0.05, 0) is 38.1 Å². The van der Waals surface area contributed by atoms with Crippen LogP contribution in [0.25, 0.3) is 0 Å². The Morgan fingerprint density at radius 3 is 2.12 bits per heavy atom. The largest absolute Gasteiger partial charge is 0.341 e. The Morgan fingerprint density at radius 1 is 1.04 bits per heavy atom. The van der Waals surface area contributed by atoms with Crippen LogP contribution in [0.1, 0.15) is 39.7 Å². The van der Waals surface area contributed by atoms with Crippen molar-refractivity contribution in [3.63, 3.8) is 0 Å². The van der Waals surface area contributed by atoms with Crippen molar-refractivity contribution in [2.75, 3.05) is 38.5 Å². The third-order valence-electron chi connectivity index (χ3n) is 4.48. The van der Waals surface area contributed by atoms with Crippen molar-refractivity contribution in [2.45, 2.75) is 45.9 Å². The highest BCUT2D eigenvalue weighted by molar-refractivity contribution is 7.91. The highest BCUT2D eigenvalue weighted by atomic mass is 32.2. The van der Waals surface area contributed by atoms with Crippen LogP contribution >= 0.6 is 0 Å². The summed E-state index contributed by atoms with van der Waals surface area (Å²) in [4.78, 5) is 17.0. The molecule has 5 nitrogen and oxygen atoms in total. The predicted molar refractivity (Wildman–Crippen MR) is 107 cm³/mol. The van der Waals surface area contributed by atoms with Crippen molar-refractivity contribution in [1.82, 2.24) is 9.80 Å². The van der Waals surface area contributed by atoms with E-state index >= 15 is 0 Å². The fourth-order valence-corrected chi connectivity index (χ4v) is 4.03. The molecule has 6 heteroatoms. The second kappa shape index (κ2) is 10.7. The number of rotatable bonds is 11. The monoisotopic (exact) mass is 382 g/mol. The fraction of sp³-hybridized carbons (Fsp3) is 0.650. The third kappa shape index (κ3) is 7.46. The molecule has 0 radical (unpaired) electrons. The van der Waals surface area contributed by atoms with Gasteiger partial charge in [-0.3, -0.25) is 4.79 Å². The Bertz CT molecular complexity index is 650. The molecule has 0 atom stereocenters. The van der Waals surface area contributed by atoms with E-state index in [0.29, 0.717) is 19.0 Å². The minimum absolute atomic E-state index is 0.0289. The molecule has 26 heavy (non-hydrogen) atoms. The normalized spacial score (nSPS) is 12.0. The smallest absolute Gasteiger partial charge is 0.223 e. The number of nitrogens with zero attached hydrogens (tertiary/aromatic N) is 2. The molecule has 0 heterocycles. The summed E-state index contributed by atoms with van der Waals surface area (Å²) in [7, 11) is -3.43. The molecule has 148 valence electrons. The minimum atomic E-state index is -3.43. The Hall–Kier alpha value is -1.40. The van der Waals surface area contributed by atoms with Gasteiger partial charge < -0.3 is 9.80 Å². The van der Waals surface area contributed by atoms with Crippen LogP contribution in [-0.4, -0.2) is 62.6 Å². The highest BCUT2D eigenvalue weighted by Crippen LogP contribution is 2.14. The zero-order chi connectivity index (χ0) is 19.7. The minimum Gasteiger partial charge on any atom is -0.341 e. The summed E-state index contributed by atoms with van der Waals surface area (Å²) in [5.74, 6) is 0.125. The van der Waals surface area contributed by atoms with E-state index in [1.807, 2.05) is 11.8 Å². The van der Waals surface area contributed by atoms with Crippen LogP contribution in [0.15, 0.2) is 29.2 Å². The van der Waals surface area contributed by atoms with Crippen LogP contribution in [-0.2, 0) is 14.6 Å². The maximum atomic E-state index is 12.6. The lowest BCUT2D eigenvalue weighted by molar-refractivity contribution is -0.131. The summed E-state index contributed by atoms with van der Waals surface area (Å²) < 4.78 is 24.9. The summed E-state index contributed by atoms with van der Waals surface area (Å²) in [6.07, 6.45) is 0.0289. The number of carbonyl (C=O) groups is 1. The van der Waals surface area contributed by atoms with Gasteiger partial charge in [0, 0.05) is 26.1 Å². The van der Waals surface area contributed by atoms with Crippen molar-refractivity contribution in [1.29, 1.82) is 0 Å². The lowest BCUT2D eigenvalue weighted by atomic mass is 10.2. The summed E-state index contributed by atoms with van der Waals surface area (Å²) in [6.45, 7) is 14.3. The molecule has 0 saturated carbocycles. The summed E-state index contributed by atoms with van der Waals surface area (Å²) in [5.41, 5.74) is 1.01. The Morgan fingerprint density at radius 2 is 1.62 bits per heavy atom. The molecule has 0 N–H and O–H groups in total. The molecular formula is C20H34N2O3S. The van der Waals surface area contributed by atoms with Gasteiger partial charge in [0.15, 0.2) is 9.84 Å². The molecule has 0 aliphatic heterocycles. The average Bonchev–Trinajstić information content (AvgIpc) is 2.59. The van der Waals surface area contributed by atoms with Gasteiger partial charge in [-0.1, -0.05) is 45.4 Å². The molecule has 0 spiro atoms. The number of carbonyl (C=O) groups excluding carboxylic acids is 1. The van der Waals surface area contributed by atoms with Gasteiger partial charge >= 0.3 is 0 Å². The van der Waals surface area contributed by atoms with Crippen molar-refractivity contribution in [3.8, 4) is 0 Å². The van der Waals surface area contributed by atoms with Gasteiger partial charge in [0.05, 0.1) is 10.6 Å². The van der Waals surface area contributed by atoms with Crippen molar-refractivity contribution < 1.29 is 13.2 Å². The van der Waals surface area contributed by atoms with E-state index in [1.165, 1.54) is 0 Å². The van der Waals surface area contributed by atoms with Gasteiger partial charge in [-0.15, -0.1) is 0 Å². The van der Waals surface area contributed by atoms with Crippen LogP contribution < -0.4 is 0 Å². The van der Waals surface area contributed by atoms with Crippen molar-refractivity contribution >= 4 is 15.7 Å². The van der Waals surface area contributed by atoms with Crippen LogP contribution in [0.4, 0.5) is 0 Å². The van der Waals surface area contributed by atoms with Crippen LogP contribution in [0.2, 0.25) is 0 Å². The van der Waals surface area contributed by atoms with Gasteiger partial charge in [-0.2, -0.15) is 0 Å². The van der Waals surface area contributed by atoms with Crippen molar-refractivity contribution in [2.24, 2.45) is 5.92 Å². The maximum Gasteiger partial charge on any atom is 0.223 e. The Kier molecular flexibility index (Phi) is 9.30. The number of sulfone groups is 1. The van der Waals surface area contributed by atoms with E-state index in [4.69, 9.17) is 0 Å². The molecule has 0 aliphatic carbocycles. The molecule has 0 saturated heterocycles. The molecule has 1 rings (SSSR count). The van der Waals surface area contributed by atoms with E-state index in [-0.39, 0.29) is 23.0 Å². The predicted octanol–water partition coefficient (Wildman–Crippen LogP) is 2.99. The zero-order valence-corrected chi connectivity index (χ0v) is 17.7. The zero-order valence-electron chi connectivity index (χ0n) is 16.9. The van der Waals surface area contributed by atoms with Gasteiger partial charge in [0.1, 0.15) is 0 Å². The van der Waals surface area contributed by atoms with Crippen LogP contribution in [0, 0.1) is 12.8 Å². The molecular weight excluding hydrogens is 348 g/mol. The van der Waals surface area contributed by atoms with Crippen molar-refractivity contribution in [3.05, 3.63) is 29.8 Å². The first-order valence-electron chi connectivity index (χ1n) is 9.49. The Labute approximate surface area is 159 Å². The second-order valence-corrected chi connectivity index (χ2v) is 9.25. The van der Waals surface area contributed by atoms with E-state index < -0.39 is 9.84 Å². The molecule has 0 aromatic heterocycles. The molecule has 0 unspecified atom stereocenters. The van der Waals surface area contributed by atoms with E-state index in [1.54, 1.807) is 24.3 Å². The quantitative estimate of drug-likeness (QED) is 0.590. The lowest BCUT2D eigenvalue weighted by Crippen LogP contribution is -2.41. The van der Waals surface area contributed by atoms with Gasteiger partial charge in [-0.25, -0.2) is 8.42 Å². The lowest BCUT2D eigenvalue weighted by Gasteiger charge is -2.28. The number of hydrogen-bond donors (Lipinski definition) is 0.